The standard InChI is InChI=1S/C13H21NO2S/c1-10(2)5-6-14-11(9-13(15)16)8-12-4-3-7-17-12/h3-4,7,10-11,14H,5-6,8-9H2,1-2H3,(H,15,16). The van der Waals surface area contributed by atoms with Crippen molar-refractivity contribution in [2.45, 2.75) is 39.2 Å². The Hall–Kier alpha value is -0.870. The van der Waals surface area contributed by atoms with Gasteiger partial charge in [0.05, 0.1) is 6.42 Å². The minimum absolute atomic E-state index is 0.0462. The number of rotatable bonds is 8. The average Bonchev–Trinajstić information content (AvgIpc) is 2.68. The van der Waals surface area contributed by atoms with E-state index in [4.69, 9.17) is 5.11 Å². The molecule has 1 aromatic rings. The van der Waals surface area contributed by atoms with E-state index in [-0.39, 0.29) is 12.5 Å². The van der Waals surface area contributed by atoms with Crippen LogP contribution in [0, 0.1) is 5.92 Å². The van der Waals surface area contributed by atoms with Crippen LogP contribution in [-0.2, 0) is 11.2 Å². The molecule has 0 bridgehead atoms. The maximum absolute atomic E-state index is 10.8. The largest absolute Gasteiger partial charge is 0.481 e. The van der Waals surface area contributed by atoms with Crippen LogP contribution in [0.5, 0.6) is 0 Å². The Morgan fingerprint density at radius 3 is 2.82 bits per heavy atom. The first-order valence-corrected chi connectivity index (χ1v) is 6.93. The van der Waals surface area contributed by atoms with Crippen molar-refractivity contribution in [3.05, 3.63) is 22.4 Å². The van der Waals surface area contributed by atoms with E-state index in [0.29, 0.717) is 5.92 Å². The van der Waals surface area contributed by atoms with Crippen LogP contribution in [-0.4, -0.2) is 23.7 Å². The Labute approximate surface area is 107 Å². The Bertz CT molecular complexity index is 322. The Morgan fingerprint density at radius 2 is 2.29 bits per heavy atom. The van der Waals surface area contributed by atoms with Gasteiger partial charge >= 0.3 is 5.97 Å². The monoisotopic (exact) mass is 255 g/mol. The molecule has 0 aliphatic rings. The van der Waals surface area contributed by atoms with Crippen LogP contribution < -0.4 is 5.32 Å². The molecule has 96 valence electrons. The lowest BCUT2D eigenvalue weighted by Crippen LogP contribution is -2.34. The zero-order valence-corrected chi connectivity index (χ0v) is 11.3. The molecule has 0 aliphatic heterocycles. The highest BCUT2D eigenvalue weighted by molar-refractivity contribution is 7.09. The Balaban J connectivity index is 2.40. The maximum Gasteiger partial charge on any atom is 0.304 e. The highest BCUT2D eigenvalue weighted by Gasteiger charge is 2.13. The van der Waals surface area contributed by atoms with Gasteiger partial charge in [0, 0.05) is 10.9 Å². The highest BCUT2D eigenvalue weighted by atomic mass is 32.1. The van der Waals surface area contributed by atoms with Crippen LogP contribution in [0.25, 0.3) is 0 Å². The SMILES string of the molecule is CC(C)CCNC(CC(=O)O)Cc1cccs1. The topological polar surface area (TPSA) is 49.3 Å². The first-order chi connectivity index (χ1) is 8.08. The number of hydrogen-bond acceptors (Lipinski definition) is 3. The third-order valence-electron chi connectivity index (χ3n) is 2.60. The minimum atomic E-state index is -0.733. The molecule has 0 fully saturated rings. The van der Waals surface area contributed by atoms with Crippen molar-refractivity contribution in [3.8, 4) is 0 Å². The molecule has 1 aromatic heterocycles. The van der Waals surface area contributed by atoms with Gasteiger partial charge in [-0.05, 0) is 36.8 Å². The number of carbonyl (C=O) groups is 1. The first-order valence-electron chi connectivity index (χ1n) is 6.05. The van der Waals surface area contributed by atoms with Crippen molar-refractivity contribution < 1.29 is 9.90 Å². The summed E-state index contributed by atoms with van der Waals surface area (Å²) in [5.41, 5.74) is 0. The van der Waals surface area contributed by atoms with E-state index in [9.17, 15) is 4.79 Å². The fraction of sp³-hybridized carbons (Fsp3) is 0.615. The van der Waals surface area contributed by atoms with Crippen molar-refractivity contribution in [1.82, 2.24) is 5.32 Å². The molecule has 0 aliphatic carbocycles. The number of carboxylic acids is 1. The quantitative estimate of drug-likeness (QED) is 0.751. The molecule has 4 heteroatoms. The highest BCUT2D eigenvalue weighted by Crippen LogP contribution is 2.13. The summed E-state index contributed by atoms with van der Waals surface area (Å²) in [6.45, 7) is 5.24. The van der Waals surface area contributed by atoms with Gasteiger partial charge in [-0.15, -0.1) is 11.3 Å². The van der Waals surface area contributed by atoms with Gasteiger partial charge in [0.1, 0.15) is 0 Å². The molecule has 0 saturated carbocycles. The molecule has 1 unspecified atom stereocenters. The van der Waals surface area contributed by atoms with E-state index in [2.05, 4.69) is 25.2 Å². The van der Waals surface area contributed by atoms with Crippen LogP contribution in [0.3, 0.4) is 0 Å². The number of thiophene rings is 1. The molecule has 0 radical (unpaired) electrons. The second-order valence-electron chi connectivity index (χ2n) is 4.71. The second kappa shape index (κ2) is 7.45. The van der Waals surface area contributed by atoms with Crippen molar-refractivity contribution in [2.24, 2.45) is 5.92 Å². The molecular weight excluding hydrogens is 234 g/mol. The van der Waals surface area contributed by atoms with Crippen LogP contribution in [0.15, 0.2) is 17.5 Å². The van der Waals surface area contributed by atoms with Crippen molar-refractivity contribution in [1.29, 1.82) is 0 Å². The van der Waals surface area contributed by atoms with Gasteiger partial charge in [-0.1, -0.05) is 19.9 Å². The molecular formula is C13H21NO2S. The third kappa shape index (κ3) is 6.44. The van der Waals surface area contributed by atoms with Gasteiger partial charge < -0.3 is 10.4 Å². The zero-order valence-electron chi connectivity index (χ0n) is 10.5. The predicted molar refractivity (Wildman–Crippen MR) is 71.5 cm³/mol. The normalized spacial score (nSPS) is 12.9. The molecule has 1 atom stereocenters. The molecule has 1 rings (SSSR count). The molecule has 17 heavy (non-hydrogen) atoms. The van der Waals surface area contributed by atoms with Gasteiger partial charge in [0.15, 0.2) is 0 Å². The van der Waals surface area contributed by atoms with Gasteiger partial charge in [0.2, 0.25) is 0 Å². The summed E-state index contributed by atoms with van der Waals surface area (Å²) >= 11 is 1.69. The van der Waals surface area contributed by atoms with Crippen molar-refractivity contribution >= 4 is 17.3 Å². The second-order valence-corrected chi connectivity index (χ2v) is 5.75. The smallest absolute Gasteiger partial charge is 0.304 e. The fourth-order valence-corrected chi connectivity index (χ4v) is 2.46. The van der Waals surface area contributed by atoms with Crippen LogP contribution in [0.4, 0.5) is 0 Å². The molecule has 1 heterocycles. The zero-order chi connectivity index (χ0) is 12.7. The van der Waals surface area contributed by atoms with E-state index in [1.807, 2.05) is 11.4 Å². The molecule has 0 amide bonds. The van der Waals surface area contributed by atoms with E-state index >= 15 is 0 Å². The lowest BCUT2D eigenvalue weighted by molar-refractivity contribution is -0.137. The van der Waals surface area contributed by atoms with E-state index < -0.39 is 5.97 Å². The van der Waals surface area contributed by atoms with E-state index in [0.717, 1.165) is 19.4 Å². The van der Waals surface area contributed by atoms with Gasteiger partial charge in [-0.2, -0.15) is 0 Å². The number of aliphatic carboxylic acids is 1. The van der Waals surface area contributed by atoms with Crippen LogP contribution in [0.2, 0.25) is 0 Å². The predicted octanol–water partition coefficient (Wildman–Crippen LogP) is 2.77. The summed E-state index contributed by atoms with van der Waals surface area (Å²) in [5, 5.41) is 14.3. The lowest BCUT2D eigenvalue weighted by atomic mass is 10.1. The maximum atomic E-state index is 10.8. The van der Waals surface area contributed by atoms with Crippen molar-refractivity contribution in [2.75, 3.05) is 6.54 Å². The van der Waals surface area contributed by atoms with Gasteiger partial charge in [0.25, 0.3) is 0 Å². The first kappa shape index (κ1) is 14.2. The fourth-order valence-electron chi connectivity index (χ4n) is 1.68. The number of carboxylic acid groups (broad SMARTS) is 1. The summed E-state index contributed by atoms with van der Waals surface area (Å²) in [5.74, 6) is -0.0849. The summed E-state index contributed by atoms with van der Waals surface area (Å²) in [6, 6.07) is 4.11. The molecule has 0 saturated heterocycles. The van der Waals surface area contributed by atoms with Crippen molar-refractivity contribution in [3.63, 3.8) is 0 Å². The third-order valence-corrected chi connectivity index (χ3v) is 3.50. The Morgan fingerprint density at radius 1 is 1.53 bits per heavy atom. The Kier molecular flexibility index (Phi) is 6.22. The molecule has 0 aromatic carbocycles. The number of hydrogen-bond donors (Lipinski definition) is 2. The van der Waals surface area contributed by atoms with E-state index in [1.54, 1.807) is 11.3 Å². The molecule has 3 nitrogen and oxygen atoms in total. The summed E-state index contributed by atoms with van der Waals surface area (Å²) in [4.78, 5) is 12.0. The summed E-state index contributed by atoms with van der Waals surface area (Å²) in [6.07, 6.45) is 2.08. The summed E-state index contributed by atoms with van der Waals surface area (Å²) < 4.78 is 0. The van der Waals surface area contributed by atoms with Gasteiger partial charge in [-0.3, -0.25) is 4.79 Å². The van der Waals surface area contributed by atoms with E-state index in [1.165, 1.54) is 4.88 Å². The number of nitrogens with one attached hydrogen (secondary N) is 1. The van der Waals surface area contributed by atoms with Crippen LogP contribution in [0.1, 0.15) is 31.6 Å². The summed E-state index contributed by atoms with van der Waals surface area (Å²) in [7, 11) is 0. The van der Waals surface area contributed by atoms with Crippen LogP contribution >= 0.6 is 11.3 Å². The molecule has 0 spiro atoms. The lowest BCUT2D eigenvalue weighted by Gasteiger charge is -2.16. The average molecular weight is 255 g/mol. The molecule has 2 N–H and O–H groups in total. The van der Waals surface area contributed by atoms with Gasteiger partial charge in [-0.25, -0.2) is 0 Å². The minimum Gasteiger partial charge on any atom is -0.481 e.